The van der Waals surface area contributed by atoms with Crippen LogP contribution in [0.25, 0.3) is 10.4 Å². The first-order valence-corrected chi connectivity index (χ1v) is 5.21. The highest BCUT2D eigenvalue weighted by molar-refractivity contribution is 5.87. The van der Waals surface area contributed by atoms with E-state index in [1.165, 1.54) is 12.1 Å². The molecule has 0 aromatic heterocycles. The largest absolute Gasteiger partial charge is 0.494 e. The van der Waals surface area contributed by atoms with Gasteiger partial charge in [-0.1, -0.05) is 5.11 Å². The molecule has 17 heavy (non-hydrogen) atoms. The zero-order valence-electron chi connectivity index (χ0n) is 9.24. The summed E-state index contributed by atoms with van der Waals surface area (Å²) in [7, 11) is 0. The zero-order valence-corrected chi connectivity index (χ0v) is 9.24. The van der Waals surface area contributed by atoms with Crippen molar-refractivity contribution in [2.75, 3.05) is 13.2 Å². The van der Waals surface area contributed by atoms with Crippen LogP contribution in [0.4, 0.5) is 0 Å². The molecule has 0 heterocycles. The van der Waals surface area contributed by atoms with Crippen molar-refractivity contribution in [3.63, 3.8) is 0 Å². The van der Waals surface area contributed by atoms with Crippen LogP contribution in [-0.2, 0) is 0 Å². The second-order valence-corrected chi connectivity index (χ2v) is 3.34. The number of carbonyl (C=O) groups is 1. The van der Waals surface area contributed by atoms with Crippen LogP contribution in [0.2, 0.25) is 0 Å². The van der Waals surface area contributed by atoms with Crippen LogP contribution in [-0.4, -0.2) is 24.2 Å². The van der Waals surface area contributed by atoms with E-state index in [2.05, 4.69) is 10.0 Å². The number of ether oxygens (including phenoxy) is 1. The molecule has 1 aromatic rings. The van der Waals surface area contributed by atoms with Gasteiger partial charge in [-0.3, -0.25) is 0 Å². The van der Waals surface area contributed by atoms with Gasteiger partial charge < -0.3 is 9.84 Å². The number of rotatable bonds is 7. The number of hydrogen-bond donors (Lipinski definition) is 1. The predicted molar refractivity (Wildman–Crippen MR) is 62.1 cm³/mol. The van der Waals surface area contributed by atoms with Crippen molar-refractivity contribution in [2.24, 2.45) is 5.11 Å². The van der Waals surface area contributed by atoms with E-state index in [-0.39, 0.29) is 5.56 Å². The van der Waals surface area contributed by atoms with Crippen LogP contribution in [0.5, 0.6) is 5.75 Å². The smallest absolute Gasteiger partial charge is 0.335 e. The van der Waals surface area contributed by atoms with Gasteiger partial charge in [-0.2, -0.15) is 0 Å². The Bertz CT molecular complexity index is 410. The second kappa shape index (κ2) is 7.14. The first-order valence-electron chi connectivity index (χ1n) is 5.21. The normalized spacial score (nSPS) is 9.41. The molecule has 0 atom stereocenters. The third-order valence-corrected chi connectivity index (χ3v) is 2.09. The number of nitrogens with zero attached hydrogens (tertiary/aromatic N) is 3. The Balaban J connectivity index is 2.27. The fourth-order valence-electron chi connectivity index (χ4n) is 1.21. The minimum absolute atomic E-state index is 0.237. The van der Waals surface area contributed by atoms with E-state index in [9.17, 15) is 4.79 Å². The van der Waals surface area contributed by atoms with Gasteiger partial charge >= 0.3 is 5.97 Å². The SMILES string of the molecule is [N-]=[N+]=NCCCCOc1ccc(C(=O)O)cc1. The molecule has 1 N–H and O–H groups in total. The molecule has 0 saturated heterocycles. The molecule has 0 saturated carbocycles. The van der Waals surface area contributed by atoms with Gasteiger partial charge in [-0.15, -0.1) is 0 Å². The molecule has 90 valence electrons. The Morgan fingerprint density at radius 1 is 1.35 bits per heavy atom. The van der Waals surface area contributed by atoms with Crippen molar-refractivity contribution in [1.82, 2.24) is 0 Å². The summed E-state index contributed by atoms with van der Waals surface area (Å²) in [6.07, 6.45) is 1.57. The van der Waals surface area contributed by atoms with E-state index < -0.39 is 5.97 Å². The molecule has 1 aromatic carbocycles. The molecule has 0 spiro atoms. The van der Waals surface area contributed by atoms with E-state index >= 15 is 0 Å². The number of aromatic carboxylic acids is 1. The highest BCUT2D eigenvalue weighted by atomic mass is 16.5. The van der Waals surface area contributed by atoms with Crippen molar-refractivity contribution in [1.29, 1.82) is 0 Å². The van der Waals surface area contributed by atoms with Gasteiger partial charge in [0.05, 0.1) is 12.2 Å². The van der Waals surface area contributed by atoms with E-state index in [4.69, 9.17) is 15.4 Å². The number of carboxylic acid groups (broad SMARTS) is 1. The van der Waals surface area contributed by atoms with Crippen LogP contribution in [0.1, 0.15) is 23.2 Å². The molecular formula is C11H13N3O3. The highest BCUT2D eigenvalue weighted by Crippen LogP contribution is 2.12. The monoisotopic (exact) mass is 235 g/mol. The third kappa shape index (κ3) is 4.90. The summed E-state index contributed by atoms with van der Waals surface area (Å²) >= 11 is 0. The fraction of sp³-hybridized carbons (Fsp3) is 0.364. The Labute approximate surface area is 98.5 Å². The molecule has 0 aliphatic carbocycles. The quantitative estimate of drug-likeness (QED) is 0.340. The van der Waals surface area contributed by atoms with E-state index in [0.717, 1.165) is 12.8 Å². The topological polar surface area (TPSA) is 95.3 Å². The van der Waals surface area contributed by atoms with E-state index in [0.29, 0.717) is 18.9 Å². The molecule has 6 nitrogen and oxygen atoms in total. The fourth-order valence-corrected chi connectivity index (χ4v) is 1.21. The Morgan fingerprint density at radius 3 is 2.65 bits per heavy atom. The van der Waals surface area contributed by atoms with E-state index in [1.54, 1.807) is 12.1 Å². The standard InChI is InChI=1S/C11H13N3O3/c12-14-13-7-1-2-8-17-10-5-3-9(4-6-10)11(15)16/h3-6H,1-2,7-8H2,(H,15,16). The van der Waals surface area contributed by atoms with Crippen molar-refractivity contribution < 1.29 is 14.6 Å². The summed E-state index contributed by atoms with van der Waals surface area (Å²) in [6, 6.07) is 6.24. The van der Waals surface area contributed by atoms with Crippen molar-refractivity contribution in [3.05, 3.63) is 40.3 Å². The molecule has 0 fully saturated rings. The lowest BCUT2D eigenvalue weighted by molar-refractivity contribution is 0.0697. The molecule has 1 rings (SSSR count). The second-order valence-electron chi connectivity index (χ2n) is 3.34. The minimum Gasteiger partial charge on any atom is -0.494 e. The number of azide groups is 1. The van der Waals surface area contributed by atoms with Gasteiger partial charge in [0.2, 0.25) is 0 Å². The van der Waals surface area contributed by atoms with Crippen molar-refractivity contribution in [3.8, 4) is 5.75 Å². The van der Waals surface area contributed by atoms with Gasteiger partial charge in [-0.25, -0.2) is 4.79 Å². The summed E-state index contributed by atoms with van der Waals surface area (Å²) in [5.74, 6) is -0.315. The van der Waals surface area contributed by atoms with Gasteiger partial charge in [0.25, 0.3) is 0 Å². The van der Waals surface area contributed by atoms with E-state index in [1.807, 2.05) is 0 Å². The maximum atomic E-state index is 10.6. The van der Waals surface area contributed by atoms with Gasteiger partial charge in [0.1, 0.15) is 5.75 Å². The van der Waals surface area contributed by atoms with Crippen LogP contribution >= 0.6 is 0 Å². The lowest BCUT2D eigenvalue weighted by Crippen LogP contribution is -1.99. The van der Waals surface area contributed by atoms with Crippen LogP contribution < -0.4 is 4.74 Å². The molecular weight excluding hydrogens is 222 g/mol. The maximum absolute atomic E-state index is 10.6. The summed E-state index contributed by atoms with van der Waals surface area (Å²) in [5.41, 5.74) is 8.29. The average Bonchev–Trinajstić information content (AvgIpc) is 2.34. The Kier molecular flexibility index (Phi) is 5.40. The molecule has 0 aliphatic heterocycles. The lowest BCUT2D eigenvalue weighted by Gasteiger charge is -2.05. The van der Waals surface area contributed by atoms with Crippen molar-refractivity contribution >= 4 is 5.97 Å². The van der Waals surface area contributed by atoms with Crippen LogP contribution in [0.3, 0.4) is 0 Å². The van der Waals surface area contributed by atoms with Crippen molar-refractivity contribution in [2.45, 2.75) is 12.8 Å². The summed E-state index contributed by atoms with van der Waals surface area (Å²) in [5, 5.41) is 12.1. The molecule has 0 unspecified atom stereocenters. The lowest BCUT2D eigenvalue weighted by atomic mass is 10.2. The molecule has 0 aliphatic rings. The number of benzene rings is 1. The molecule has 0 radical (unpaired) electrons. The van der Waals surface area contributed by atoms with Gasteiger partial charge in [-0.05, 0) is 42.6 Å². The molecule has 6 heteroatoms. The molecule has 0 bridgehead atoms. The van der Waals surface area contributed by atoms with Crippen LogP contribution in [0.15, 0.2) is 29.4 Å². The summed E-state index contributed by atoms with van der Waals surface area (Å²) in [4.78, 5) is 13.2. The number of carboxylic acids is 1. The first-order chi connectivity index (χ1) is 8.24. The third-order valence-electron chi connectivity index (χ3n) is 2.09. The van der Waals surface area contributed by atoms with Gasteiger partial charge in [0.15, 0.2) is 0 Å². The number of unbranched alkanes of at least 4 members (excludes halogenated alkanes) is 1. The minimum atomic E-state index is -0.953. The maximum Gasteiger partial charge on any atom is 0.335 e. The molecule has 0 amide bonds. The van der Waals surface area contributed by atoms with Crippen LogP contribution in [0, 0.1) is 0 Å². The highest BCUT2D eigenvalue weighted by Gasteiger charge is 2.01. The summed E-state index contributed by atoms with van der Waals surface area (Å²) < 4.78 is 5.39. The average molecular weight is 235 g/mol. The Hall–Kier alpha value is -2.20. The summed E-state index contributed by atoms with van der Waals surface area (Å²) in [6.45, 7) is 0.991. The predicted octanol–water partition coefficient (Wildman–Crippen LogP) is 2.85. The number of hydrogen-bond acceptors (Lipinski definition) is 3. The first kappa shape index (κ1) is 12.9. The zero-order chi connectivity index (χ0) is 12.5. The van der Waals surface area contributed by atoms with Gasteiger partial charge in [0, 0.05) is 11.5 Å². The Morgan fingerprint density at radius 2 is 2.06 bits per heavy atom.